The Labute approximate surface area is 89.5 Å². The molecule has 0 aliphatic rings. The van der Waals surface area contributed by atoms with E-state index in [1.807, 2.05) is 32.2 Å². The van der Waals surface area contributed by atoms with Crippen LogP contribution in [0.15, 0.2) is 22.6 Å². The van der Waals surface area contributed by atoms with E-state index in [-0.39, 0.29) is 6.04 Å². The van der Waals surface area contributed by atoms with Crippen molar-refractivity contribution in [3.63, 3.8) is 0 Å². The quantitative estimate of drug-likeness (QED) is 0.835. The molecule has 1 aromatic heterocycles. The minimum absolute atomic E-state index is 0.205. The normalized spacial score (nSPS) is 13.3. The van der Waals surface area contributed by atoms with Crippen molar-refractivity contribution in [3.8, 4) is 0 Å². The molecule has 0 spiro atoms. The zero-order valence-corrected chi connectivity index (χ0v) is 9.37. The van der Waals surface area contributed by atoms with E-state index in [2.05, 4.69) is 17.2 Å². The molecule has 0 bridgehead atoms. The van der Waals surface area contributed by atoms with Crippen LogP contribution in [-0.2, 0) is 0 Å². The van der Waals surface area contributed by atoms with Gasteiger partial charge in [0.25, 0.3) is 0 Å². The SMILES string of the molecule is CCC(NC)c1nc2cccc(C)c2o1. The highest BCUT2D eigenvalue weighted by molar-refractivity contribution is 5.76. The third-order valence-electron chi connectivity index (χ3n) is 2.68. The molecule has 0 saturated carbocycles. The van der Waals surface area contributed by atoms with Crippen molar-refractivity contribution in [2.45, 2.75) is 26.3 Å². The maximum atomic E-state index is 5.77. The van der Waals surface area contributed by atoms with Crippen LogP contribution >= 0.6 is 0 Å². The number of benzene rings is 1. The third kappa shape index (κ3) is 1.75. The lowest BCUT2D eigenvalue weighted by atomic mass is 10.2. The standard InChI is InChI=1S/C12H16N2O/c1-4-9(13-3)12-14-10-7-5-6-8(2)11(10)15-12/h5-7,9,13H,4H2,1-3H3. The Balaban J connectivity index is 2.51. The van der Waals surface area contributed by atoms with Gasteiger partial charge in [-0.1, -0.05) is 19.1 Å². The number of fused-ring (bicyclic) bond motifs is 1. The largest absolute Gasteiger partial charge is 0.439 e. The number of para-hydroxylation sites is 1. The van der Waals surface area contributed by atoms with Crippen LogP contribution < -0.4 is 5.32 Å². The summed E-state index contributed by atoms with van der Waals surface area (Å²) in [7, 11) is 1.93. The lowest BCUT2D eigenvalue weighted by Crippen LogP contribution is -2.15. The minimum atomic E-state index is 0.205. The van der Waals surface area contributed by atoms with Crippen molar-refractivity contribution >= 4 is 11.1 Å². The van der Waals surface area contributed by atoms with E-state index in [9.17, 15) is 0 Å². The van der Waals surface area contributed by atoms with Gasteiger partial charge in [0.05, 0.1) is 6.04 Å². The first-order valence-electron chi connectivity index (χ1n) is 5.29. The van der Waals surface area contributed by atoms with E-state index in [0.717, 1.165) is 29.0 Å². The van der Waals surface area contributed by atoms with E-state index >= 15 is 0 Å². The topological polar surface area (TPSA) is 38.1 Å². The highest BCUT2D eigenvalue weighted by atomic mass is 16.3. The maximum absolute atomic E-state index is 5.77. The molecule has 0 amide bonds. The molecule has 15 heavy (non-hydrogen) atoms. The Morgan fingerprint density at radius 1 is 1.47 bits per heavy atom. The summed E-state index contributed by atoms with van der Waals surface area (Å²) >= 11 is 0. The van der Waals surface area contributed by atoms with Crippen molar-refractivity contribution in [2.75, 3.05) is 7.05 Å². The number of hydrogen-bond donors (Lipinski definition) is 1. The van der Waals surface area contributed by atoms with Gasteiger partial charge in [-0.3, -0.25) is 0 Å². The fourth-order valence-electron chi connectivity index (χ4n) is 1.76. The Kier molecular flexibility index (Phi) is 2.73. The van der Waals surface area contributed by atoms with Gasteiger partial charge < -0.3 is 9.73 Å². The molecule has 2 aromatic rings. The van der Waals surface area contributed by atoms with E-state index in [4.69, 9.17) is 4.42 Å². The Hall–Kier alpha value is -1.35. The zero-order valence-electron chi connectivity index (χ0n) is 9.37. The first kappa shape index (κ1) is 10.2. The number of aromatic nitrogens is 1. The third-order valence-corrected chi connectivity index (χ3v) is 2.68. The molecular weight excluding hydrogens is 188 g/mol. The molecule has 1 N–H and O–H groups in total. The predicted molar refractivity (Wildman–Crippen MR) is 60.8 cm³/mol. The fourth-order valence-corrected chi connectivity index (χ4v) is 1.76. The van der Waals surface area contributed by atoms with E-state index in [1.165, 1.54) is 0 Å². The number of aryl methyl sites for hydroxylation is 1. The monoisotopic (exact) mass is 204 g/mol. The predicted octanol–water partition coefficient (Wildman–Crippen LogP) is 2.81. The van der Waals surface area contributed by atoms with Gasteiger partial charge in [0, 0.05) is 0 Å². The molecule has 0 saturated heterocycles. The summed E-state index contributed by atoms with van der Waals surface area (Å²) in [4.78, 5) is 4.49. The zero-order chi connectivity index (χ0) is 10.8. The molecule has 80 valence electrons. The van der Waals surface area contributed by atoms with Gasteiger partial charge in [0.15, 0.2) is 5.58 Å². The summed E-state index contributed by atoms with van der Waals surface area (Å²) in [5.41, 5.74) is 2.98. The molecule has 1 unspecified atom stereocenters. The molecule has 1 atom stereocenters. The van der Waals surface area contributed by atoms with Crippen molar-refractivity contribution in [2.24, 2.45) is 0 Å². The summed E-state index contributed by atoms with van der Waals surface area (Å²) in [5, 5.41) is 3.19. The summed E-state index contributed by atoms with van der Waals surface area (Å²) in [5.74, 6) is 0.782. The van der Waals surface area contributed by atoms with Crippen LogP contribution in [0.4, 0.5) is 0 Å². The molecule has 2 rings (SSSR count). The van der Waals surface area contributed by atoms with Crippen molar-refractivity contribution in [1.29, 1.82) is 0 Å². The van der Waals surface area contributed by atoms with E-state index < -0.39 is 0 Å². The molecule has 0 aliphatic heterocycles. The Morgan fingerprint density at radius 3 is 2.87 bits per heavy atom. The van der Waals surface area contributed by atoms with E-state index in [1.54, 1.807) is 0 Å². The van der Waals surface area contributed by atoms with Gasteiger partial charge in [-0.15, -0.1) is 0 Å². The van der Waals surface area contributed by atoms with Crippen LogP contribution in [0, 0.1) is 6.92 Å². The maximum Gasteiger partial charge on any atom is 0.212 e. The van der Waals surface area contributed by atoms with Crippen LogP contribution in [0.1, 0.15) is 30.8 Å². The molecule has 1 aromatic carbocycles. The highest BCUT2D eigenvalue weighted by Gasteiger charge is 2.14. The number of oxazole rings is 1. The van der Waals surface area contributed by atoms with Crippen LogP contribution in [-0.4, -0.2) is 12.0 Å². The average Bonchev–Trinajstić information content (AvgIpc) is 2.65. The van der Waals surface area contributed by atoms with Crippen LogP contribution in [0.5, 0.6) is 0 Å². The Bertz CT molecular complexity index is 458. The van der Waals surface area contributed by atoms with Crippen molar-refractivity contribution in [3.05, 3.63) is 29.7 Å². The Morgan fingerprint density at radius 2 is 2.27 bits per heavy atom. The van der Waals surface area contributed by atoms with Gasteiger partial charge in [-0.2, -0.15) is 0 Å². The summed E-state index contributed by atoms with van der Waals surface area (Å²) in [6.07, 6.45) is 0.975. The summed E-state index contributed by atoms with van der Waals surface area (Å²) < 4.78 is 5.77. The number of rotatable bonds is 3. The smallest absolute Gasteiger partial charge is 0.212 e. The van der Waals surface area contributed by atoms with Crippen LogP contribution in [0.25, 0.3) is 11.1 Å². The van der Waals surface area contributed by atoms with Gasteiger partial charge in [-0.05, 0) is 32.0 Å². The van der Waals surface area contributed by atoms with Crippen molar-refractivity contribution in [1.82, 2.24) is 10.3 Å². The van der Waals surface area contributed by atoms with Crippen molar-refractivity contribution < 1.29 is 4.42 Å². The average molecular weight is 204 g/mol. The lowest BCUT2D eigenvalue weighted by Gasteiger charge is -2.07. The molecular formula is C12H16N2O. The van der Waals surface area contributed by atoms with Gasteiger partial charge in [0.1, 0.15) is 5.52 Å². The number of nitrogens with one attached hydrogen (secondary N) is 1. The molecule has 3 nitrogen and oxygen atoms in total. The molecule has 1 heterocycles. The molecule has 0 radical (unpaired) electrons. The first-order valence-corrected chi connectivity index (χ1v) is 5.29. The summed E-state index contributed by atoms with van der Waals surface area (Å²) in [6, 6.07) is 6.23. The summed E-state index contributed by atoms with van der Waals surface area (Å²) in [6.45, 7) is 4.15. The van der Waals surface area contributed by atoms with Crippen LogP contribution in [0.2, 0.25) is 0 Å². The second kappa shape index (κ2) is 4.03. The first-order chi connectivity index (χ1) is 7.26. The van der Waals surface area contributed by atoms with Gasteiger partial charge in [-0.25, -0.2) is 4.98 Å². The number of nitrogens with zero attached hydrogens (tertiary/aromatic N) is 1. The van der Waals surface area contributed by atoms with Crippen LogP contribution in [0.3, 0.4) is 0 Å². The fraction of sp³-hybridized carbons (Fsp3) is 0.417. The molecule has 0 fully saturated rings. The number of hydrogen-bond acceptors (Lipinski definition) is 3. The second-order valence-electron chi connectivity index (χ2n) is 3.72. The minimum Gasteiger partial charge on any atom is -0.439 e. The molecule has 0 aliphatic carbocycles. The highest BCUT2D eigenvalue weighted by Crippen LogP contribution is 2.23. The second-order valence-corrected chi connectivity index (χ2v) is 3.72. The van der Waals surface area contributed by atoms with Gasteiger partial charge >= 0.3 is 0 Å². The van der Waals surface area contributed by atoms with Gasteiger partial charge in [0.2, 0.25) is 5.89 Å². The molecule has 3 heteroatoms. The lowest BCUT2D eigenvalue weighted by molar-refractivity contribution is 0.426. The van der Waals surface area contributed by atoms with E-state index in [0.29, 0.717) is 0 Å².